The molecule has 21 atom stereocenters. The van der Waals surface area contributed by atoms with Crippen molar-refractivity contribution in [3.63, 3.8) is 0 Å². The molecule has 5 fully saturated rings. The van der Waals surface area contributed by atoms with E-state index < -0.39 is 307 Å². The van der Waals surface area contributed by atoms with E-state index >= 15 is 47.9 Å². The Kier molecular flexibility index (Phi) is 46.8. The van der Waals surface area contributed by atoms with Gasteiger partial charge in [0.25, 0.3) is 0 Å². The summed E-state index contributed by atoms with van der Waals surface area (Å²) in [5, 5.41) is 71.0. The first-order valence-electron chi connectivity index (χ1n) is 47.4. The number of rotatable bonds is 26. The number of nitrogens with two attached hydrogens (primary N) is 3. The number of benzene rings is 1. The third-order valence-electron chi connectivity index (χ3n) is 25.7. The van der Waals surface area contributed by atoms with E-state index in [0.29, 0.717) is 31.2 Å². The fraction of sp³-hybridized carbons (Fsp3) is 0.711. The van der Waals surface area contributed by atoms with E-state index in [1.165, 1.54) is 47.9 Å². The fourth-order valence-corrected chi connectivity index (χ4v) is 18.8. The van der Waals surface area contributed by atoms with E-state index in [4.69, 9.17) is 17.2 Å². The van der Waals surface area contributed by atoms with Gasteiger partial charge in [0.15, 0.2) is 0 Å². The van der Waals surface area contributed by atoms with Crippen LogP contribution < -0.4 is 97.0 Å². The Bertz CT molecular complexity index is 4340. The van der Waals surface area contributed by atoms with Crippen LogP contribution in [0.4, 0.5) is 0 Å². The summed E-state index contributed by atoms with van der Waals surface area (Å²) < 4.78 is 0. The van der Waals surface area contributed by atoms with Crippen molar-refractivity contribution in [2.24, 2.45) is 52.7 Å². The number of unbranched alkanes of at least 4 members (excludes halogenated alkanes) is 2. The van der Waals surface area contributed by atoms with Crippen molar-refractivity contribution in [1.82, 2.24) is 94.5 Å². The molecule has 5 saturated heterocycles. The predicted molar refractivity (Wildman–Crippen MR) is 502 cm³/mol. The maximum Gasteiger partial charge on any atom is 0.305 e. The SMILES string of the molecule is CC[C@H](C)[C@@H]1NC(=O)[C@H](CCC(N)=O)NC(=O)[C@H](C(C)C)NC(=O)CNC(=O)[C@H](CC(=O)O)NC(=O)[C@@H]2CCCN2C(=O)[C@H](C(C)C)NC(=O)[C@H](CCCCN)NC(=O)[C@H]([C@@H](C)CC)NC(=O)[C@@H]2CSSC[C@H](NC1=O)C(=O)N[C@@H](Cc1ccc(O)cc1)C(=O)N[C@@H](CCCCN)C(=O)N[C@@H](CO)C(=O)N[C@@H]([C@@H](C)CC)C(=O)N1CCC[C@H]1C(=O)N1CCC[C@H]1C(=O)N[C@@H]([C@@H](C)CC)C(=O)N2. The summed E-state index contributed by atoms with van der Waals surface area (Å²) in [4.78, 5) is 299. The first-order chi connectivity index (χ1) is 64.5. The van der Waals surface area contributed by atoms with Crippen molar-refractivity contribution >= 4 is 140 Å². The molecule has 44 nitrogen and oxygen atoms in total. The molecule has 5 heterocycles. The van der Waals surface area contributed by atoms with Crippen LogP contribution in [0.15, 0.2) is 24.3 Å². The van der Waals surface area contributed by atoms with E-state index in [9.17, 15) is 63.3 Å². The van der Waals surface area contributed by atoms with Crippen LogP contribution in [-0.4, -0.2) is 308 Å². The van der Waals surface area contributed by atoms with Gasteiger partial charge >= 0.3 is 5.97 Å². The Hall–Kier alpha value is -11.0. The van der Waals surface area contributed by atoms with Crippen molar-refractivity contribution in [3.05, 3.63) is 29.8 Å². The Balaban J connectivity index is 1.59. The van der Waals surface area contributed by atoms with E-state index in [1.54, 1.807) is 69.2 Å². The molecule has 6 rings (SSSR count). The van der Waals surface area contributed by atoms with Crippen LogP contribution in [-0.2, 0) is 102 Å². The van der Waals surface area contributed by atoms with Gasteiger partial charge in [0.05, 0.1) is 19.6 Å². The molecule has 5 aliphatic rings. The number of fused-ring (bicyclic) bond motifs is 8. The molecular weight excluding hydrogens is 1810 g/mol. The molecule has 1 aromatic carbocycles. The minimum atomic E-state index is -1.89. The molecule has 0 saturated carbocycles. The van der Waals surface area contributed by atoms with E-state index in [1.807, 2.05) is 0 Å². The molecule has 46 heteroatoms. The topological polar surface area (TPSA) is 670 Å². The van der Waals surface area contributed by atoms with Crippen LogP contribution in [0.5, 0.6) is 5.75 Å². The van der Waals surface area contributed by atoms with Crippen molar-refractivity contribution < 1.29 is 111 Å². The Morgan fingerprint density at radius 3 is 1.23 bits per heavy atom. The molecule has 0 unspecified atom stereocenters. The summed E-state index contributed by atoms with van der Waals surface area (Å²) in [6.07, 6.45) is 0.0852. The number of phenols is 1. The minimum absolute atomic E-state index is 0.00248. The predicted octanol–water partition coefficient (Wildman–Crippen LogP) is -3.29. The van der Waals surface area contributed by atoms with Gasteiger partial charge in [-0.05, 0) is 150 Å². The maximum atomic E-state index is 15.8. The molecular formula is C90H145N21O23S2. The number of carboxylic acid groups (broad SMARTS) is 1. The van der Waals surface area contributed by atoms with Crippen LogP contribution in [0.25, 0.3) is 0 Å². The molecule has 0 aromatic heterocycles. The number of carbonyl (C=O) groups excluding carboxylic acids is 19. The first-order valence-corrected chi connectivity index (χ1v) is 49.9. The van der Waals surface area contributed by atoms with Crippen molar-refractivity contribution in [1.29, 1.82) is 0 Å². The second-order valence-electron chi connectivity index (χ2n) is 36.6. The number of aliphatic carboxylic acids is 1. The number of primary amides is 1. The molecule has 0 spiro atoms. The molecule has 136 heavy (non-hydrogen) atoms. The van der Waals surface area contributed by atoms with Crippen LogP contribution in [0, 0.1) is 35.5 Å². The molecule has 0 aliphatic carbocycles. The third-order valence-corrected chi connectivity index (χ3v) is 28.1. The zero-order valence-corrected chi connectivity index (χ0v) is 81.6. The monoisotopic (exact) mass is 1950 g/mol. The summed E-state index contributed by atoms with van der Waals surface area (Å²) in [6.45, 7) is 17.8. The van der Waals surface area contributed by atoms with Gasteiger partial charge in [-0.25, -0.2) is 0 Å². The quantitative estimate of drug-likeness (QED) is 0.0319. The third kappa shape index (κ3) is 33.4. The molecule has 760 valence electrons. The van der Waals surface area contributed by atoms with Crippen molar-refractivity contribution in [2.45, 2.75) is 314 Å². The van der Waals surface area contributed by atoms with Crippen LogP contribution in [0.2, 0.25) is 0 Å². The van der Waals surface area contributed by atoms with Gasteiger partial charge in [-0.2, -0.15) is 0 Å². The van der Waals surface area contributed by atoms with Crippen molar-refractivity contribution in [3.8, 4) is 5.75 Å². The van der Waals surface area contributed by atoms with Crippen LogP contribution >= 0.6 is 21.6 Å². The Morgan fingerprint density at radius 2 is 0.757 bits per heavy atom. The van der Waals surface area contributed by atoms with Gasteiger partial charge in [0.2, 0.25) is 112 Å². The van der Waals surface area contributed by atoms with Crippen molar-refractivity contribution in [2.75, 3.05) is 57.4 Å². The van der Waals surface area contributed by atoms with Gasteiger partial charge in [-0.1, -0.05) is 142 Å². The fourth-order valence-electron chi connectivity index (χ4n) is 16.5. The normalized spacial score (nSPS) is 28.2. The largest absolute Gasteiger partial charge is 0.508 e. The van der Waals surface area contributed by atoms with E-state index in [2.05, 4.69) is 79.8 Å². The molecule has 2 bridgehead atoms. The number of carboxylic acids is 1. The number of aliphatic hydroxyl groups is 1. The number of carbonyl (C=O) groups is 20. The number of hydrogen-bond acceptors (Lipinski definition) is 26. The van der Waals surface area contributed by atoms with E-state index in [0.717, 1.165) is 26.5 Å². The lowest BCUT2D eigenvalue weighted by Crippen LogP contribution is -2.62. The lowest BCUT2D eigenvalue weighted by Gasteiger charge is -2.35. The lowest BCUT2D eigenvalue weighted by atomic mass is 9.96. The number of aliphatic hydroxyl groups excluding tert-OH is 1. The number of phenolic OH excluding ortho intramolecular Hbond substituents is 1. The summed E-state index contributed by atoms with van der Waals surface area (Å²) >= 11 is 0. The highest BCUT2D eigenvalue weighted by Gasteiger charge is 2.48. The highest BCUT2D eigenvalue weighted by Crippen LogP contribution is 2.30. The van der Waals surface area contributed by atoms with Gasteiger partial charge in [0.1, 0.15) is 108 Å². The summed E-state index contributed by atoms with van der Waals surface area (Å²) in [7, 11) is 1.63. The molecule has 0 radical (unpaired) electrons. The van der Waals surface area contributed by atoms with Crippen LogP contribution in [0.1, 0.15) is 211 Å². The second kappa shape index (κ2) is 56.0. The number of aromatic hydroxyl groups is 1. The Labute approximate surface area is 801 Å². The van der Waals surface area contributed by atoms with Crippen LogP contribution in [0.3, 0.4) is 0 Å². The highest BCUT2D eigenvalue weighted by atomic mass is 33.1. The molecule has 24 N–H and O–H groups in total. The van der Waals surface area contributed by atoms with Gasteiger partial charge in [-0.15, -0.1) is 0 Å². The second-order valence-corrected chi connectivity index (χ2v) is 39.1. The zero-order valence-electron chi connectivity index (χ0n) is 80.0. The van der Waals surface area contributed by atoms with Gasteiger partial charge in [-0.3, -0.25) is 95.9 Å². The maximum absolute atomic E-state index is 15.8. The average molecular weight is 1950 g/mol. The smallest absolute Gasteiger partial charge is 0.305 e. The zero-order chi connectivity index (χ0) is 101. The average Bonchev–Trinajstić information content (AvgIpc) is 1.63. The van der Waals surface area contributed by atoms with Gasteiger partial charge in [0, 0.05) is 44.0 Å². The standard InChI is InChI=1S/C90H145N21O23S2/c1-13-48(9)70-85(129)96-55(25-18-20-36-92)76(120)104-69(47(7)8)89(133)110-38-22-26-62(110)82(126)99-58(41-67(116)117)74(118)94-42-66(115)103-68(46(5)6)84(128)97-56(33-34-65(93)114)77(121)105-71(49(10)14-2)86(130)101-60-44-135-136-45-61(81(125)106-70)102-87(131)72(50(11)15-3)107-83(127)63-27-21-37-109(63)88(132)64-28-23-39-111(64)90(134)73(51(12)16-4)108-79(123)59(43-112)100-75(119)54(24-17-19-35-91)95-78(122)57(98-80(60)124)40-52-29-31-53(113)32-30-52/h29-32,46-51,54-64,68-73,112-113H,13-28,33-45,91-92H2,1-12H3,(H2,93,114)(H,94,118)(H,95,122)(H,96,129)(H,97,128)(H,98,124)(H,99,126)(H,100,119)(H,101,130)(H,102,131)(H,103,115)(H,104,120)(H,105,121)(H,106,125)(H,107,127)(H,108,123)(H,116,117)/t48-,49-,50-,51-,54-,55-,56-,57-,58-,59-,60-,61-,62-,63-,64-,68-,69-,70-,71-,72-,73-/m0/s1. The summed E-state index contributed by atoms with van der Waals surface area (Å²) in [5.74, 6) is -25.7. The number of nitrogens with one attached hydrogen (secondary N) is 15. The summed E-state index contributed by atoms with van der Waals surface area (Å²) in [5.41, 5.74) is 17.8. The Morgan fingerprint density at radius 1 is 0.397 bits per heavy atom. The summed E-state index contributed by atoms with van der Waals surface area (Å²) in [6, 6.07) is -21.2. The van der Waals surface area contributed by atoms with E-state index in [-0.39, 0.29) is 116 Å². The molecule has 5 aliphatic heterocycles. The minimum Gasteiger partial charge on any atom is -0.508 e. The number of nitrogens with zero attached hydrogens (tertiary/aromatic N) is 3. The number of hydrogen-bond donors (Lipinski definition) is 21. The van der Waals surface area contributed by atoms with Gasteiger partial charge < -0.3 is 127 Å². The first kappa shape index (κ1) is 114. The number of amides is 19. The lowest BCUT2D eigenvalue weighted by molar-refractivity contribution is -0.149. The molecule has 1 aromatic rings. The molecule has 19 amide bonds. The highest BCUT2D eigenvalue weighted by molar-refractivity contribution is 8.76.